The zero-order valence-electron chi connectivity index (χ0n) is 13.3. The average Bonchev–Trinajstić information content (AvgIpc) is 2.59. The number of methoxy groups -OCH3 is 1. The highest BCUT2D eigenvalue weighted by molar-refractivity contribution is 5.89. The molecule has 2 fully saturated rings. The zero-order chi connectivity index (χ0) is 15.4. The Morgan fingerprint density at radius 3 is 2.95 bits per heavy atom. The molecule has 4 nitrogen and oxygen atoms in total. The van der Waals surface area contributed by atoms with Gasteiger partial charge in [-0.3, -0.25) is 0 Å². The lowest BCUT2D eigenvalue weighted by molar-refractivity contribution is -0.940. The van der Waals surface area contributed by atoms with Crippen LogP contribution in [0.2, 0.25) is 0 Å². The third kappa shape index (κ3) is 3.43. The van der Waals surface area contributed by atoms with Gasteiger partial charge < -0.3 is 14.4 Å². The number of esters is 1. The highest BCUT2D eigenvalue weighted by Crippen LogP contribution is 2.21. The molecule has 0 amide bonds. The van der Waals surface area contributed by atoms with E-state index in [0.717, 1.165) is 0 Å². The van der Waals surface area contributed by atoms with Crippen LogP contribution in [0, 0.1) is 5.92 Å². The molecule has 0 saturated carbocycles. The van der Waals surface area contributed by atoms with Gasteiger partial charge in [0.1, 0.15) is 12.4 Å². The van der Waals surface area contributed by atoms with Gasteiger partial charge in [0.2, 0.25) is 0 Å². The van der Waals surface area contributed by atoms with Gasteiger partial charge >= 0.3 is 5.97 Å². The van der Waals surface area contributed by atoms with E-state index < -0.39 is 0 Å². The van der Waals surface area contributed by atoms with Crippen molar-refractivity contribution >= 4 is 5.97 Å². The van der Waals surface area contributed by atoms with Gasteiger partial charge in [-0.05, 0) is 50.3 Å². The monoisotopic (exact) mass is 304 g/mol. The third-order valence-electron chi connectivity index (χ3n) is 5.16. The lowest BCUT2D eigenvalue weighted by Crippen LogP contribution is -3.18. The molecule has 0 radical (unpaired) electrons. The van der Waals surface area contributed by atoms with E-state index in [9.17, 15) is 4.79 Å². The molecule has 2 saturated heterocycles. The fraction of sp³-hybridized carbons (Fsp3) is 0.611. The van der Waals surface area contributed by atoms with Gasteiger partial charge in [-0.2, -0.15) is 0 Å². The summed E-state index contributed by atoms with van der Waals surface area (Å²) >= 11 is 0. The van der Waals surface area contributed by atoms with Crippen molar-refractivity contribution in [2.45, 2.75) is 38.1 Å². The maximum Gasteiger partial charge on any atom is 0.338 e. The first-order valence-electron chi connectivity index (χ1n) is 8.43. The van der Waals surface area contributed by atoms with Crippen LogP contribution >= 0.6 is 0 Å². The van der Waals surface area contributed by atoms with E-state index in [0.29, 0.717) is 29.9 Å². The smallest absolute Gasteiger partial charge is 0.338 e. The summed E-state index contributed by atoms with van der Waals surface area (Å²) in [5.41, 5.74) is 0.572. The Hall–Kier alpha value is -1.55. The van der Waals surface area contributed by atoms with Gasteiger partial charge in [-0.25, -0.2) is 4.79 Å². The minimum atomic E-state index is -0.234. The summed E-state index contributed by atoms with van der Waals surface area (Å²) in [5.74, 6) is 0.982. The predicted octanol–water partition coefficient (Wildman–Crippen LogP) is 1.70. The van der Waals surface area contributed by atoms with Crippen molar-refractivity contribution in [3.8, 4) is 5.75 Å². The second-order valence-electron chi connectivity index (χ2n) is 6.49. The molecule has 0 aliphatic carbocycles. The number of carbonyl (C=O) groups is 1. The van der Waals surface area contributed by atoms with Crippen LogP contribution in [0.5, 0.6) is 5.75 Å². The number of hydrogen-bond donors (Lipinski definition) is 1. The molecule has 2 heterocycles. The zero-order valence-corrected chi connectivity index (χ0v) is 13.3. The molecule has 0 aromatic heterocycles. The molecule has 0 bridgehead atoms. The van der Waals surface area contributed by atoms with Crippen molar-refractivity contribution < 1.29 is 19.2 Å². The molecule has 1 unspecified atom stereocenters. The molecule has 1 aromatic rings. The number of hydrogen-bond acceptors (Lipinski definition) is 3. The molecule has 0 spiro atoms. The Labute approximate surface area is 132 Å². The van der Waals surface area contributed by atoms with Crippen LogP contribution in [0.25, 0.3) is 0 Å². The average molecular weight is 304 g/mol. The maximum absolute atomic E-state index is 12.2. The topological polar surface area (TPSA) is 40.0 Å². The largest absolute Gasteiger partial charge is 0.497 e. The van der Waals surface area contributed by atoms with Crippen LogP contribution in [-0.4, -0.2) is 38.8 Å². The number of nitrogens with one attached hydrogen (secondary N) is 1. The molecular weight excluding hydrogens is 278 g/mol. The quantitative estimate of drug-likeness (QED) is 0.861. The number of piperidine rings is 2. The molecule has 2 aliphatic rings. The van der Waals surface area contributed by atoms with Crippen molar-refractivity contribution in [1.82, 2.24) is 0 Å². The van der Waals surface area contributed by atoms with E-state index >= 15 is 0 Å². The molecule has 120 valence electrons. The Bertz CT molecular complexity index is 515. The standard InChI is InChI=1S/C18H25NO3/c1-21-16-8-4-6-14(12-16)18(20)22-13-15-7-5-11-19-10-3-2-9-17(15)19/h4,6,8,12,15,17H,2-3,5,7,9-11,13H2,1H3/p+1/t15-,17-/m1/s1. The van der Waals surface area contributed by atoms with Crippen LogP contribution in [0.3, 0.4) is 0 Å². The van der Waals surface area contributed by atoms with Crippen molar-refractivity contribution in [3.63, 3.8) is 0 Å². The number of fused-ring (bicyclic) bond motifs is 1. The van der Waals surface area contributed by atoms with Crippen molar-refractivity contribution in [2.24, 2.45) is 5.92 Å². The normalized spacial score (nSPS) is 27.8. The van der Waals surface area contributed by atoms with Crippen molar-refractivity contribution in [2.75, 3.05) is 26.8 Å². The van der Waals surface area contributed by atoms with E-state index in [4.69, 9.17) is 9.47 Å². The second kappa shape index (κ2) is 7.14. The molecule has 1 aromatic carbocycles. The van der Waals surface area contributed by atoms with Gasteiger partial charge in [0.25, 0.3) is 0 Å². The highest BCUT2D eigenvalue weighted by atomic mass is 16.5. The third-order valence-corrected chi connectivity index (χ3v) is 5.16. The van der Waals surface area contributed by atoms with Gasteiger partial charge in [-0.1, -0.05) is 6.07 Å². The molecule has 22 heavy (non-hydrogen) atoms. The number of rotatable bonds is 4. The van der Waals surface area contributed by atoms with Crippen LogP contribution in [-0.2, 0) is 4.74 Å². The van der Waals surface area contributed by atoms with Crippen molar-refractivity contribution in [3.05, 3.63) is 29.8 Å². The Kier molecular flexibility index (Phi) is 4.98. The van der Waals surface area contributed by atoms with Crippen LogP contribution in [0.15, 0.2) is 24.3 Å². The fourth-order valence-electron chi connectivity index (χ4n) is 3.99. The number of ether oxygens (including phenoxy) is 2. The summed E-state index contributed by atoms with van der Waals surface area (Å²) in [6.07, 6.45) is 6.42. The van der Waals surface area contributed by atoms with Crippen LogP contribution in [0.4, 0.5) is 0 Å². The Morgan fingerprint density at radius 1 is 1.23 bits per heavy atom. The lowest BCUT2D eigenvalue weighted by Gasteiger charge is -2.40. The minimum absolute atomic E-state index is 0.234. The van der Waals surface area contributed by atoms with Gasteiger partial charge in [0, 0.05) is 5.92 Å². The van der Waals surface area contributed by atoms with Gasteiger partial charge in [0.05, 0.1) is 31.8 Å². The molecule has 3 atom stereocenters. The number of carbonyl (C=O) groups excluding carboxylic acids is 1. The number of quaternary nitrogens is 1. The van der Waals surface area contributed by atoms with E-state index in [-0.39, 0.29) is 5.97 Å². The van der Waals surface area contributed by atoms with Crippen LogP contribution in [0.1, 0.15) is 42.5 Å². The highest BCUT2D eigenvalue weighted by Gasteiger charge is 2.37. The number of benzene rings is 1. The van der Waals surface area contributed by atoms with Gasteiger partial charge in [-0.15, -0.1) is 0 Å². The summed E-state index contributed by atoms with van der Waals surface area (Å²) in [6.45, 7) is 3.15. The van der Waals surface area contributed by atoms with E-state index in [1.54, 1.807) is 24.1 Å². The predicted molar refractivity (Wildman–Crippen MR) is 84.3 cm³/mol. The summed E-state index contributed by atoms with van der Waals surface area (Å²) in [5, 5.41) is 0. The Balaban J connectivity index is 1.57. The maximum atomic E-state index is 12.2. The van der Waals surface area contributed by atoms with E-state index in [1.165, 1.54) is 45.2 Å². The first-order chi connectivity index (χ1) is 10.8. The lowest BCUT2D eigenvalue weighted by atomic mass is 9.84. The first-order valence-corrected chi connectivity index (χ1v) is 8.43. The second-order valence-corrected chi connectivity index (χ2v) is 6.49. The SMILES string of the molecule is COc1cccc(C(=O)OC[C@H]2CCC[NH+]3CCCC[C@H]23)c1. The van der Waals surface area contributed by atoms with Gasteiger partial charge in [0.15, 0.2) is 0 Å². The first kappa shape index (κ1) is 15.3. The van der Waals surface area contributed by atoms with Crippen LogP contribution < -0.4 is 9.64 Å². The fourth-order valence-corrected chi connectivity index (χ4v) is 3.99. The van der Waals surface area contributed by atoms with E-state index in [2.05, 4.69) is 0 Å². The van der Waals surface area contributed by atoms with E-state index in [1.807, 2.05) is 12.1 Å². The summed E-state index contributed by atoms with van der Waals surface area (Å²) < 4.78 is 10.8. The summed E-state index contributed by atoms with van der Waals surface area (Å²) in [6, 6.07) is 7.87. The molecular formula is C18H26NO3+. The minimum Gasteiger partial charge on any atom is -0.497 e. The summed E-state index contributed by atoms with van der Waals surface area (Å²) in [4.78, 5) is 14.0. The molecule has 2 aliphatic heterocycles. The summed E-state index contributed by atoms with van der Waals surface area (Å²) in [7, 11) is 1.60. The molecule has 1 N–H and O–H groups in total. The molecule has 4 heteroatoms. The molecule has 3 rings (SSSR count). The van der Waals surface area contributed by atoms with Crippen molar-refractivity contribution in [1.29, 1.82) is 0 Å². The Morgan fingerprint density at radius 2 is 2.09 bits per heavy atom.